The van der Waals surface area contributed by atoms with Gasteiger partial charge in [-0.15, -0.1) is 0 Å². The largest absolute Gasteiger partial charge is 0.463 e. The zero-order valence-electron chi connectivity index (χ0n) is 10.4. The Morgan fingerprint density at radius 2 is 2.35 bits per heavy atom. The highest BCUT2D eigenvalue weighted by molar-refractivity contribution is 7.98. The van der Waals surface area contributed by atoms with Crippen molar-refractivity contribution in [1.29, 1.82) is 0 Å². The molecule has 0 unspecified atom stereocenters. The number of pyridine rings is 1. The lowest BCUT2D eigenvalue weighted by molar-refractivity contribution is -0.388. The fourth-order valence-electron chi connectivity index (χ4n) is 1.50. The second kappa shape index (κ2) is 6.20. The van der Waals surface area contributed by atoms with Crippen LogP contribution in [0, 0.1) is 10.1 Å². The van der Waals surface area contributed by atoms with Crippen LogP contribution in [0.5, 0.6) is 0 Å². The minimum absolute atomic E-state index is 0.0689. The maximum absolute atomic E-state index is 11.4. The van der Waals surface area contributed by atoms with Crippen LogP contribution >= 0.6 is 11.8 Å². The molecule has 0 atom stereocenters. The van der Waals surface area contributed by atoms with E-state index in [0.717, 1.165) is 11.8 Å². The minimum Gasteiger partial charge on any atom is -0.463 e. The van der Waals surface area contributed by atoms with Crippen molar-refractivity contribution in [2.24, 2.45) is 0 Å². The van der Waals surface area contributed by atoms with Crippen LogP contribution in [0.1, 0.15) is 16.1 Å². The Balaban J connectivity index is 2.16. The van der Waals surface area contributed by atoms with Crippen molar-refractivity contribution < 1.29 is 18.9 Å². The molecule has 0 saturated carbocycles. The van der Waals surface area contributed by atoms with Gasteiger partial charge < -0.3 is 9.15 Å². The van der Waals surface area contributed by atoms with Crippen LogP contribution in [-0.2, 0) is 10.5 Å². The van der Waals surface area contributed by atoms with Crippen LogP contribution < -0.4 is 0 Å². The lowest BCUT2D eigenvalue weighted by atomic mass is 10.3. The van der Waals surface area contributed by atoms with Gasteiger partial charge >= 0.3 is 11.7 Å². The first-order valence-corrected chi connectivity index (χ1v) is 6.49. The third-order valence-electron chi connectivity index (χ3n) is 2.43. The Labute approximate surface area is 118 Å². The molecular formula is C12H10N2O5S. The Hall–Kier alpha value is -2.35. The van der Waals surface area contributed by atoms with Crippen LogP contribution in [-0.4, -0.2) is 23.0 Å². The van der Waals surface area contributed by atoms with Crippen molar-refractivity contribution in [3.05, 3.63) is 52.1 Å². The molecule has 0 N–H and O–H groups in total. The predicted octanol–water partition coefficient (Wildman–Crippen LogP) is 2.66. The molecule has 0 radical (unpaired) electrons. The van der Waals surface area contributed by atoms with E-state index < -0.39 is 10.9 Å². The van der Waals surface area contributed by atoms with Gasteiger partial charge in [0, 0.05) is 23.6 Å². The van der Waals surface area contributed by atoms with Crippen molar-refractivity contribution in [1.82, 2.24) is 4.98 Å². The molecule has 8 heteroatoms. The first-order chi connectivity index (χ1) is 9.63. The van der Waals surface area contributed by atoms with Gasteiger partial charge in [-0.1, -0.05) is 11.8 Å². The highest BCUT2D eigenvalue weighted by atomic mass is 32.2. The Morgan fingerprint density at radius 1 is 1.55 bits per heavy atom. The van der Waals surface area contributed by atoms with Crippen LogP contribution in [0.2, 0.25) is 0 Å². The molecule has 20 heavy (non-hydrogen) atoms. The molecule has 2 aromatic rings. The number of ether oxygens (including phenoxy) is 1. The summed E-state index contributed by atoms with van der Waals surface area (Å²) in [7, 11) is 1.26. The van der Waals surface area contributed by atoms with Gasteiger partial charge in [0.15, 0.2) is 5.03 Å². The standard InChI is InChI=1S/C12H10N2O5S/c1-18-12(15)10-8(4-6-19-10)7-20-11-9(14(16)17)3-2-5-13-11/h2-6H,7H2,1H3. The normalized spacial score (nSPS) is 10.2. The molecular weight excluding hydrogens is 284 g/mol. The minimum atomic E-state index is -0.582. The van der Waals surface area contributed by atoms with Crippen molar-refractivity contribution in [2.45, 2.75) is 10.8 Å². The highest BCUT2D eigenvalue weighted by Crippen LogP contribution is 2.30. The van der Waals surface area contributed by atoms with Gasteiger partial charge in [-0.2, -0.15) is 0 Å². The maximum atomic E-state index is 11.4. The molecule has 0 aliphatic rings. The van der Waals surface area contributed by atoms with E-state index in [-0.39, 0.29) is 16.5 Å². The fourth-order valence-corrected chi connectivity index (χ4v) is 2.45. The number of hydrogen-bond donors (Lipinski definition) is 0. The van der Waals surface area contributed by atoms with Crippen molar-refractivity contribution in [2.75, 3.05) is 7.11 Å². The number of carbonyl (C=O) groups is 1. The summed E-state index contributed by atoms with van der Waals surface area (Å²) in [4.78, 5) is 25.8. The van der Waals surface area contributed by atoms with E-state index >= 15 is 0 Å². The van der Waals surface area contributed by atoms with Crippen LogP contribution in [0.15, 0.2) is 40.1 Å². The Kier molecular flexibility index (Phi) is 4.36. The molecule has 0 aromatic carbocycles. The molecule has 0 bridgehead atoms. The number of nitrogens with zero attached hydrogens (tertiary/aromatic N) is 2. The smallest absolute Gasteiger partial charge is 0.374 e. The number of rotatable bonds is 5. The summed E-state index contributed by atoms with van der Waals surface area (Å²) < 4.78 is 9.62. The zero-order chi connectivity index (χ0) is 14.5. The van der Waals surface area contributed by atoms with Crippen LogP contribution in [0.3, 0.4) is 0 Å². The molecule has 0 saturated heterocycles. The van der Waals surface area contributed by atoms with E-state index in [1.807, 2.05) is 0 Å². The molecule has 0 amide bonds. The van der Waals surface area contributed by atoms with Gasteiger partial charge in [-0.05, 0) is 12.1 Å². The fraction of sp³-hybridized carbons (Fsp3) is 0.167. The molecule has 0 aliphatic heterocycles. The first-order valence-electron chi connectivity index (χ1n) is 5.50. The first kappa shape index (κ1) is 14.1. The number of thioether (sulfide) groups is 1. The van der Waals surface area contributed by atoms with Gasteiger partial charge in [0.25, 0.3) is 0 Å². The summed E-state index contributed by atoms with van der Waals surface area (Å²) in [6.07, 6.45) is 2.85. The predicted molar refractivity (Wildman–Crippen MR) is 70.5 cm³/mol. The van der Waals surface area contributed by atoms with Gasteiger partial charge in [0.2, 0.25) is 5.76 Å². The molecule has 7 nitrogen and oxygen atoms in total. The summed E-state index contributed by atoms with van der Waals surface area (Å²) >= 11 is 1.15. The molecule has 104 valence electrons. The SMILES string of the molecule is COC(=O)c1occc1CSc1ncccc1[N+](=O)[O-]. The monoisotopic (exact) mass is 294 g/mol. The summed E-state index contributed by atoms with van der Waals surface area (Å²) in [6.45, 7) is 0. The van der Waals surface area contributed by atoms with E-state index in [1.165, 1.54) is 31.7 Å². The second-order valence-electron chi connectivity index (χ2n) is 3.64. The van der Waals surface area contributed by atoms with Crippen LogP contribution in [0.25, 0.3) is 0 Å². The topological polar surface area (TPSA) is 95.5 Å². The van der Waals surface area contributed by atoms with Crippen LogP contribution in [0.4, 0.5) is 5.69 Å². The quantitative estimate of drug-likeness (QED) is 0.362. The van der Waals surface area contributed by atoms with E-state index in [0.29, 0.717) is 11.3 Å². The summed E-state index contributed by atoms with van der Waals surface area (Å²) in [5, 5.41) is 11.2. The molecule has 2 rings (SSSR count). The lowest BCUT2D eigenvalue weighted by Gasteiger charge is -2.02. The van der Waals surface area contributed by atoms with Gasteiger partial charge in [-0.25, -0.2) is 9.78 Å². The van der Waals surface area contributed by atoms with Gasteiger partial charge in [-0.3, -0.25) is 10.1 Å². The third-order valence-corrected chi connectivity index (χ3v) is 3.47. The zero-order valence-corrected chi connectivity index (χ0v) is 11.3. The van der Waals surface area contributed by atoms with E-state index in [4.69, 9.17) is 4.42 Å². The number of methoxy groups -OCH3 is 1. The van der Waals surface area contributed by atoms with E-state index in [1.54, 1.807) is 6.07 Å². The molecule has 0 fully saturated rings. The van der Waals surface area contributed by atoms with Crippen molar-refractivity contribution in [3.8, 4) is 0 Å². The number of aromatic nitrogens is 1. The average Bonchev–Trinajstić information content (AvgIpc) is 2.92. The number of esters is 1. The van der Waals surface area contributed by atoms with E-state index in [2.05, 4.69) is 9.72 Å². The maximum Gasteiger partial charge on any atom is 0.374 e. The summed E-state index contributed by atoms with van der Waals surface area (Å²) in [6, 6.07) is 4.50. The molecule has 2 aromatic heterocycles. The third kappa shape index (κ3) is 2.97. The number of hydrogen-bond acceptors (Lipinski definition) is 7. The lowest BCUT2D eigenvalue weighted by Crippen LogP contribution is -2.02. The van der Waals surface area contributed by atoms with Gasteiger partial charge in [0.05, 0.1) is 18.3 Å². The summed E-state index contributed by atoms with van der Waals surface area (Å²) in [5.41, 5.74) is 0.530. The summed E-state index contributed by atoms with van der Waals surface area (Å²) in [5.74, 6) is -0.168. The molecule has 0 aliphatic carbocycles. The Bertz CT molecular complexity index is 640. The number of furan rings is 1. The molecule has 0 spiro atoms. The van der Waals surface area contributed by atoms with Crippen molar-refractivity contribution >= 4 is 23.4 Å². The number of carbonyl (C=O) groups excluding carboxylic acids is 1. The van der Waals surface area contributed by atoms with E-state index in [9.17, 15) is 14.9 Å². The Morgan fingerprint density at radius 3 is 3.05 bits per heavy atom. The number of nitro groups is 1. The average molecular weight is 294 g/mol. The molecule has 2 heterocycles. The van der Waals surface area contributed by atoms with Crippen molar-refractivity contribution in [3.63, 3.8) is 0 Å². The highest BCUT2D eigenvalue weighted by Gasteiger charge is 2.19. The van der Waals surface area contributed by atoms with Gasteiger partial charge in [0.1, 0.15) is 0 Å². The second-order valence-corrected chi connectivity index (χ2v) is 4.60.